The van der Waals surface area contributed by atoms with Gasteiger partial charge in [0.25, 0.3) is 5.91 Å². The molecule has 27 heavy (non-hydrogen) atoms. The summed E-state index contributed by atoms with van der Waals surface area (Å²) in [5, 5.41) is 0.724. The van der Waals surface area contributed by atoms with Gasteiger partial charge in [0, 0.05) is 35.8 Å². The first-order valence-electron chi connectivity index (χ1n) is 7.90. The van der Waals surface area contributed by atoms with E-state index in [-0.39, 0.29) is 18.2 Å². The van der Waals surface area contributed by atoms with Crippen LogP contribution in [-0.2, 0) is 21.4 Å². The zero-order chi connectivity index (χ0) is 20.0. The normalized spacial score (nSPS) is 11.3. The number of hydrogen-bond donors (Lipinski definition) is 0. The molecule has 1 amide bonds. The fourth-order valence-corrected chi connectivity index (χ4v) is 3.38. The topological polar surface area (TPSA) is 72.9 Å². The van der Waals surface area contributed by atoms with Crippen LogP contribution < -0.4 is 4.18 Å². The number of ether oxygens (including phenoxy) is 1. The van der Waals surface area contributed by atoms with Crippen molar-refractivity contribution < 1.29 is 22.1 Å². The maximum atomic E-state index is 12.9. The first-order valence-corrected chi connectivity index (χ1v) is 10.5. The van der Waals surface area contributed by atoms with Crippen LogP contribution in [0.3, 0.4) is 0 Å². The molecule has 0 aliphatic heterocycles. The molecular weight excluding hydrogens is 413 g/mol. The number of amides is 1. The predicted molar refractivity (Wildman–Crippen MR) is 105 cm³/mol. The van der Waals surface area contributed by atoms with Crippen molar-refractivity contribution in [3.05, 3.63) is 63.6 Å². The number of carbonyl (C=O) groups is 1. The van der Waals surface area contributed by atoms with Gasteiger partial charge < -0.3 is 13.8 Å². The Hall–Kier alpha value is -1.80. The van der Waals surface area contributed by atoms with Gasteiger partial charge in [-0.3, -0.25) is 4.79 Å². The van der Waals surface area contributed by atoms with Crippen molar-refractivity contribution in [2.75, 3.05) is 26.5 Å². The van der Waals surface area contributed by atoms with Gasteiger partial charge in [-0.15, -0.1) is 0 Å². The number of rotatable bonds is 8. The number of nitrogens with zero attached hydrogens (tertiary/aromatic N) is 1. The van der Waals surface area contributed by atoms with Crippen molar-refractivity contribution in [1.82, 2.24) is 4.90 Å². The van der Waals surface area contributed by atoms with E-state index in [1.807, 2.05) is 0 Å². The number of carbonyl (C=O) groups excluding carboxylic acids is 1. The van der Waals surface area contributed by atoms with Crippen LogP contribution in [0.15, 0.2) is 42.5 Å². The highest BCUT2D eigenvalue weighted by Gasteiger charge is 2.18. The summed E-state index contributed by atoms with van der Waals surface area (Å²) in [5.41, 5.74) is 1.06. The average molecular weight is 432 g/mol. The molecule has 0 aromatic heterocycles. The molecule has 0 atom stereocenters. The molecule has 2 rings (SSSR count). The highest BCUT2D eigenvalue weighted by atomic mass is 35.5. The van der Waals surface area contributed by atoms with Gasteiger partial charge in [-0.25, -0.2) is 0 Å². The minimum atomic E-state index is -3.64. The first-order chi connectivity index (χ1) is 12.7. The lowest BCUT2D eigenvalue weighted by Gasteiger charge is -2.23. The van der Waals surface area contributed by atoms with Crippen molar-refractivity contribution >= 4 is 39.2 Å². The van der Waals surface area contributed by atoms with Crippen molar-refractivity contribution in [3.8, 4) is 5.75 Å². The van der Waals surface area contributed by atoms with E-state index in [4.69, 9.17) is 32.1 Å². The van der Waals surface area contributed by atoms with E-state index in [2.05, 4.69) is 0 Å². The Kier molecular flexibility index (Phi) is 7.49. The van der Waals surface area contributed by atoms with Crippen LogP contribution in [0.1, 0.15) is 15.9 Å². The molecule has 146 valence electrons. The Morgan fingerprint density at radius 2 is 1.78 bits per heavy atom. The maximum Gasteiger partial charge on any atom is 0.306 e. The minimum absolute atomic E-state index is 0.181. The molecule has 2 aromatic carbocycles. The SMILES string of the molecule is COCCN(Cc1cccc(OS(C)(=O)=O)c1)C(=O)c1cc(Cl)cc(Cl)c1. The summed E-state index contributed by atoms with van der Waals surface area (Å²) >= 11 is 12.0. The molecule has 9 heteroatoms. The fraction of sp³-hybridized carbons (Fsp3) is 0.278. The highest BCUT2D eigenvalue weighted by Crippen LogP contribution is 2.22. The Morgan fingerprint density at radius 3 is 2.37 bits per heavy atom. The van der Waals surface area contributed by atoms with E-state index in [0.717, 1.165) is 6.26 Å². The summed E-state index contributed by atoms with van der Waals surface area (Å²) in [5.74, 6) is -0.0918. The van der Waals surface area contributed by atoms with Crippen LogP contribution in [0, 0.1) is 0 Å². The molecule has 0 fully saturated rings. The third-order valence-corrected chi connectivity index (χ3v) is 4.41. The molecule has 0 radical (unpaired) electrons. The summed E-state index contributed by atoms with van der Waals surface area (Å²) in [4.78, 5) is 14.5. The van der Waals surface area contributed by atoms with Crippen LogP contribution in [-0.4, -0.2) is 45.7 Å². The summed E-state index contributed by atoms with van der Waals surface area (Å²) < 4.78 is 32.6. The molecule has 0 N–H and O–H groups in total. The lowest BCUT2D eigenvalue weighted by molar-refractivity contribution is 0.0680. The Bertz CT molecular complexity index is 897. The van der Waals surface area contributed by atoms with Crippen molar-refractivity contribution in [2.24, 2.45) is 0 Å². The van der Waals surface area contributed by atoms with Gasteiger partial charge in [0.1, 0.15) is 5.75 Å². The van der Waals surface area contributed by atoms with Crippen LogP contribution >= 0.6 is 23.2 Å². The Labute approximate surface area is 168 Å². The lowest BCUT2D eigenvalue weighted by atomic mass is 10.1. The second kappa shape index (κ2) is 9.41. The summed E-state index contributed by atoms with van der Waals surface area (Å²) in [6.45, 7) is 0.892. The van der Waals surface area contributed by atoms with Crippen LogP contribution in [0.25, 0.3) is 0 Å². The van der Waals surface area contributed by atoms with E-state index in [0.29, 0.717) is 34.3 Å². The van der Waals surface area contributed by atoms with Gasteiger partial charge in [0.15, 0.2) is 0 Å². The van der Waals surface area contributed by atoms with Crippen molar-refractivity contribution in [3.63, 3.8) is 0 Å². The van der Waals surface area contributed by atoms with E-state index in [1.54, 1.807) is 48.4 Å². The third kappa shape index (κ3) is 7.03. The summed E-state index contributed by atoms with van der Waals surface area (Å²) in [7, 11) is -2.09. The number of hydrogen-bond acceptors (Lipinski definition) is 5. The average Bonchev–Trinajstić information content (AvgIpc) is 2.56. The standard InChI is InChI=1S/C18H19Cl2NO5S/c1-25-7-6-21(18(22)14-9-15(19)11-16(20)10-14)12-13-4-3-5-17(8-13)26-27(2,23)24/h3-5,8-11H,6-7,12H2,1-2H3. The Balaban J connectivity index is 2.26. The van der Waals surface area contributed by atoms with Gasteiger partial charge in [-0.2, -0.15) is 8.42 Å². The molecule has 6 nitrogen and oxygen atoms in total. The van der Waals surface area contributed by atoms with Gasteiger partial charge >= 0.3 is 10.1 Å². The smallest absolute Gasteiger partial charge is 0.306 e. The van der Waals surface area contributed by atoms with Crippen molar-refractivity contribution in [1.29, 1.82) is 0 Å². The predicted octanol–water partition coefficient (Wildman–Crippen LogP) is 3.62. The summed E-state index contributed by atoms with van der Waals surface area (Å²) in [6.07, 6.45) is 0.969. The lowest BCUT2D eigenvalue weighted by Crippen LogP contribution is -2.33. The third-order valence-electron chi connectivity index (χ3n) is 3.48. The fourth-order valence-electron chi connectivity index (χ4n) is 2.40. The number of halogens is 2. The van der Waals surface area contributed by atoms with Crippen LogP contribution in [0.2, 0.25) is 10.0 Å². The maximum absolute atomic E-state index is 12.9. The molecule has 0 spiro atoms. The molecular formula is C18H19Cl2NO5S. The Morgan fingerprint density at radius 1 is 1.11 bits per heavy atom. The zero-order valence-corrected chi connectivity index (χ0v) is 17.1. The minimum Gasteiger partial charge on any atom is -0.383 e. The van der Waals surface area contributed by atoms with Gasteiger partial charge in [-0.05, 0) is 35.9 Å². The number of methoxy groups -OCH3 is 1. The number of benzene rings is 2. The quantitative estimate of drug-likeness (QED) is 0.596. The van der Waals surface area contributed by atoms with Crippen LogP contribution in [0.4, 0.5) is 0 Å². The van der Waals surface area contributed by atoms with Gasteiger partial charge in [0.05, 0.1) is 12.9 Å². The largest absolute Gasteiger partial charge is 0.383 e. The molecule has 0 aliphatic carbocycles. The van der Waals surface area contributed by atoms with Crippen LogP contribution in [0.5, 0.6) is 5.75 Å². The highest BCUT2D eigenvalue weighted by molar-refractivity contribution is 7.86. The molecule has 0 saturated heterocycles. The van der Waals surface area contributed by atoms with E-state index in [1.165, 1.54) is 6.07 Å². The second-order valence-electron chi connectivity index (χ2n) is 5.81. The first kappa shape index (κ1) is 21.5. The molecule has 0 aliphatic rings. The second-order valence-corrected chi connectivity index (χ2v) is 8.26. The molecule has 0 heterocycles. The van der Waals surface area contributed by atoms with E-state index >= 15 is 0 Å². The van der Waals surface area contributed by atoms with Crippen molar-refractivity contribution in [2.45, 2.75) is 6.54 Å². The van der Waals surface area contributed by atoms with Gasteiger partial charge in [-0.1, -0.05) is 35.3 Å². The molecule has 0 bridgehead atoms. The summed E-state index contributed by atoms with van der Waals surface area (Å²) in [6, 6.07) is 11.2. The molecule has 0 unspecified atom stereocenters. The molecule has 0 saturated carbocycles. The monoisotopic (exact) mass is 431 g/mol. The van der Waals surface area contributed by atoms with E-state index in [9.17, 15) is 13.2 Å². The van der Waals surface area contributed by atoms with E-state index < -0.39 is 10.1 Å². The van der Waals surface area contributed by atoms with Gasteiger partial charge in [0.2, 0.25) is 0 Å². The molecule has 2 aromatic rings. The zero-order valence-electron chi connectivity index (χ0n) is 14.8.